The number of aliphatic hydroxyl groups excluding tert-OH is 2. The van der Waals surface area contributed by atoms with Crippen molar-refractivity contribution in [3.05, 3.63) is 0 Å². The van der Waals surface area contributed by atoms with Crippen LogP contribution in [0.3, 0.4) is 0 Å². The summed E-state index contributed by atoms with van der Waals surface area (Å²) in [5, 5.41) is 21.0. The average Bonchev–Trinajstić information content (AvgIpc) is 1.88. The maximum absolute atomic E-state index is 9.18. The molecule has 0 spiro atoms. The van der Waals surface area contributed by atoms with Gasteiger partial charge >= 0.3 is 0 Å². The van der Waals surface area contributed by atoms with Gasteiger partial charge in [-0.05, 0) is 25.8 Å². The minimum absolute atomic E-state index is 0.155. The Labute approximate surface area is 61.1 Å². The van der Waals surface area contributed by atoms with E-state index in [0.29, 0.717) is 6.04 Å². The lowest BCUT2D eigenvalue weighted by Gasteiger charge is -2.26. The van der Waals surface area contributed by atoms with E-state index in [1.165, 1.54) is 0 Å². The van der Waals surface area contributed by atoms with Crippen molar-refractivity contribution in [2.24, 2.45) is 0 Å². The van der Waals surface area contributed by atoms with Crippen molar-refractivity contribution in [1.29, 1.82) is 0 Å². The van der Waals surface area contributed by atoms with Gasteiger partial charge in [0.25, 0.3) is 0 Å². The van der Waals surface area contributed by atoms with Gasteiger partial charge in [-0.3, -0.25) is 0 Å². The summed E-state index contributed by atoms with van der Waals surface area (Å²) < 4.78 is 0. The van der Waals surface area contributed by atoms with E-state index in [1.54, 1.807) is 0 Å². The molecule has 0 saturated carbocycles. The van der Waals surface area contributed by atoms with Gasteiger partial charge in [-0.1, -0.05) is 0 Å². The van der Waals surface area contributed by atoms with Gasteiger partial charge in [0.1, 0.15) is 0 Å². The first kappa shape index (κ1) is 7.98. The molecular weight excluding hydrogens is 130 g/mol. The molecule has 1 fully saturated rings. The molecule has 3 nitrogen and oxygen atoms in total. The maximum atomic E-state index is 9.18. The molecule has 10 heavy (non-hydrogen) atoms. The molecule has 3 N–H and O–H groups in total. The van der Waals surface area contributed by atoms with E-state index >= 15 is 0 Å². The zero-order valence-corrected chi connectivity index (χ0v) is 6.08. The Bertz CT molecular complexity index is 95.6. The van der Waals surface area contributed by atoms with Crippen LogP contribution in [0.4, 0.5) is 0 Å². The Balaban J connectivity index is 2.18. The molecule has 1 saturated heterocycles. The van der Waals surface area contributed by atoms with E-state index < -0.39 is 0 Å². The molecule has 2 atom stereocenters. The lowest BCUT2D eigenvalue weighted by molar-refractivity contribution is 0.108. The summed E-state index contributed by atoms with van der Waals surface area (Å²) in [7, 11) is 0. The third-order valence-corrected chi connectivity index (χ3v) is 1.94. The first-order valence-corrected chi connectivity index (χ1v) is 3.85. The van der Waals surface area contributed by atoms with Gasteiger partial charge in [-0.2, -0.15) is 0 Å². The van der Waals surface area contributed by atoms with Gasteiger partial charge in [0, 0.05) is 12.6 Å². The average molecular weight is 145 g/mol. The maximum Gasteiger partial charge on any atom is 0.0567 e. The molecule has 1 aliphatic rings. The summed E-state index contributed by atoms with van der Waals surface area (Å²) in [6.07, 6.45) is 2.25. The molecule has 0 bridgehead atoms. The highest BCUT2D eigenvalue weighted by Gasteiger charge is 2.18. The van der Waals surface area contributed by atoms with Gasteiger partial charge in [-0.15, -0.1) is 0 Å². The van der Waals surface area contributed by atoms with Gasteiger partial charge < -0.3 is 15.5 Å². The molecule has 1 rings (SSSR count). The van der Waals surface area contributed by atoms with Crippen LogP contribution < -0.4 is 5.32 Å². The zero-order chi connectivity index (χ0) is 7.40. The minimum atomic E-state index is -0.155. The van der Waals surface area contributed by atoms with Crippen LogP contribution in [-0.2, 0) is 0 Å². The van der Waals surface area contributed by atoms with E-state index in [-0.39, 0.29) is 12.7 Å². The van der Waals surface area contributed by atoms with Crippen molar-refractivity contribution < 1.29 is 10.2 Å². The van der Waals surface area contributed by atoms with Crippen molar-refractivity contribution in [2.75, 3.05) is 13.2 Å². The molecule has 0 amide bonds. The topological polar surface area (TPSA) is 52.5 Å². The van der Waals surface area contributed by atoms with Gasteiger partial charge in [0.05, 0.1) is 6.10 Å². The molecule has 1 unspecified atom stereocenters. The third kappa shape index (κ3) is 2.25. The van der Waals surface area contributed by atoms with E-state index in [1.807, 2.05) is 0 Å². The molecule has 60 valence electrons. The fourth-order valence-corrected chi connectivity index (χ4v) is 1.36. The number of hydrogen-bond donors (Lipinski definition) is 3. The lowest BCUT2D eigenvalue weighted by atomic mass is 10.00. The predicted molar refractivity (Wildman–Crippen MR) is 38.7 cm³/mol. The van der Waals surface area contributed by atoms with Gasteiger partial charge in [0.15, 0.2) is 0 Å². The Morgan fingerprint density at radius 1 is 1.50 bits per heavy atom. The summed E-state index contributed by atoms with van der Waals surface area (Å²) in [6.45, 7) is 1.09. The van der Waals surface area contributed by atoms with Crippen molar-refractivity contribution in [3.8, 4) is 0 Å². The third-order valence-electron chi connectivity index (χ3n) is 1.94. The SMILES string of the molecule is OCCC1C[C@H](O)CCN1. The zero-order valence-electron chi connectivity index (χ0n) is 6.08. The van der Waals surface area contributed by atoms with Crippen LogP contribution in [0.25, 0.3) is 0 Å². The highest BCUT2D eigenvalue weighted by molar-refractivity contribution is 4.77. The number of piperidine rings is 1. The summed E-state index contributed by atoms with van der Waals surface area (Å²) in [4.78, 5) is 0. The van der Waals surface area contributed by atoms with Crippen LogP contribution in [0.2, 0.25) is 0 Å². The van der Waals surface area contributed by atoms with Crippen molar-refractivity contribution in [1.82, 2.24) is 5.32 Å². The summed E-state index contributed by atoms with van der Waals surface area (Å²) in [6, 6.07) is 0.328. The predicted octanol–water partition coefficient (Wildman–Crippen LogP) is -0.518. The smallest absolute Gasteiger partial charge is 0.0567 e. The number of aliphatic hydroxyl groups is 2. The van der Waals surface area contributed by atoms with E-state index in [2.05, 4.69) is 5.32 Å². The Morgan fingerprint density at radius 3 is 2.90 bits per heavy atom. The molecule has 1 heterocycles. The number of rotatable bonds is 2. The van der Waals surface area contributed by atoms with Crippen molar-refractivity contribution in [3.63, 3.8) is 0 Å². The normalized spacial score (nSPS) is 34.2. The molecule has 3 heteroatoms. The molecule has 1 aliphatic heterocycles. The molecular formula is C7H15NO2. The van der Waals surface area contributed by atoms with Crippen LogP contribution >= 0.6 is 0 Å². The van der Waals surface area contributed by atoms with Crippen molar-refractivity contribution in [2.45, 2.75) is 31.4 Å². The standard InChI is InChI=1S/C7H15NO2/c9-4-2-6-5-7(10)1-3-8-6/h6-10H,1-5H2/t6?,7-/m1/s1. The van der Waals surface area contributed by atoms with E-state index in [4.69, 9.17) is 5.11 Å². The Hall–Kier alpha value is -0.120. The van der Waals surface area contributed by atoms with Gasteiger partial charge in [-0.25, -0.2) is 0 Å². The number of hydrogen-bond acceptors (Lipinski definition) is 3. The second-order valence-corrected chi connectivity index (χ2v) is 2.84. The van der Waals surface area contributed by atoms with E-state index in [0.717, 1.165) is 25.8 Å². The minimum Gasteiger partial charge on any atom is -0.396 e. The monoisotopic (exact) mass is 145 g/mol. The summed E-state index contributed by atoms with van der Waals surface area (Å²) in [5.74, 6) is 0. The molecule has 0 aliphatic carbocycles. The fourth-order valence-electron chi connectivity index (χ4n) is 1.36. The Morgan fingerprint density at radius 2 is 2.30 bits per heavy atom. The molecule has 0 radical (unpaired) electrons. The highest BCUT2D eigenvalue weighted by atomic mass is 16.3. The number of nitrogens with one attached hydrogen (secondary N) is 1. The van der Waals surface area contributed by atoms with E-state index in [9.17, 15) is 5.11 Å². The first-order valence-electron chi connectivity index (χ1n) is 3.85. The fraction of sp³-hybridized carbons (Fsp3) is 1.00. The second kappa shape index (κ2) is 3.91. The van der Waals surface area contributed by atoms with Crippen molar-refractivity contribution >= 4 is 0 Å². The highest BCUT2D eigenvalue weighted by Crippen LogP contribution is 2.10. The molecule has 0 aromatic rings. The van der Waals surface area contributed by atoms with Crippen LogP contribution in [-0.4, -0.2) is 35.5 Å². The largest absolute Gasteiger partial charge is 0.396 e. The van der Waals surface area contributed by atoms with Gasteiger partial charge in [0.2, 0.25) is 0 Å². The van der Waals surface area contributed by atoms with Crippen LogP contribution in [0.15, 0.2) is 0 Å². The first-order chi connectivity index (χ1) is 4.83. The molecule has 0 aromatic heterocycles. The molecule has 0 aromatic carbocycles. The van der Waals surface area contributed by atoms with Crippen LogP contribution in [0.5, 0.6) is 0 Å². The van der Waals surface area contributed by atoms with Crippen LogP contribution in [0, 0.1) is 0 Å². The Kier molecular flexibility index (Phi) is 3.12. The second-order valence-electron chi connectivity index (χ2n) is 2.84. The summed E-state index contributed by atoms with van der Waals surface area (Å²) >= 11 is 0. The lowest BCUT2D eigenvalue weighted by Crippen LogP contribution is -2.40. The van der Waals surface area contributed by atoms with Crippen LogP contribution in [0.1, 0.15) is 19.3 Å². The summed E-state index contributed by atoms with van der Waals surface area (Å²) in [5.41, 5.74) is 0. The quantitative estimate of drug-likeness (QED) is 0.490.